The second-order valence-electron chi connectivity index (χ2n) is 2.27. The van der Waals surface area contributed by atoms with Gasteiger partial charge < -0.3 is 15.4 Å². The van der Waals surface area contributed by atoms with Gasteiger partial charge in [0.1, 0.15) is 0 Å². The number of carbonyl (C=O) groups excluding carboxylic acids is 1. The number of hydrogen-bond acceptors (Lipinski definition) is 3. The molecule has 70 valence electrons. The second kappa shape index (κ2) is 8.07. The van der Waals surface area contributed by atoms with Gasteiger partial charge in [0.05, 0.1) is 19.4 Å². The Morgan fingerprint density at radius 2 is 2.42 bits per heavy atom. The zero-order chi connectivity index (χ0) is 9.23. The number of hydrogen-bond donors (Lipinski definition) is 2. The summed E-state index contributed by atoms with van der Waals surface area (Å²) in [5, 5.41) is 5.49. The van der Waals surface area contributed by atoms with Crippen LogP contribution in [0.5, 0.6) is 0 Å². The van der Waals surface area contributed by atoms with Crippen LogP contribution in [0.15, 0.2) is 12.8 Å². The van der Waals surface area contributed by atoms with Crippen LogP contribution in [0.4, 0.5) is 0 Å². The van der Waals surface area contributed by atoms with Gasteiger partial charge in [0, 0.05) is 6.54 Å². The Morgan fingerprint density at radius 3 is 3.00 bits per heavy atom. The SMILES string of the molecule is C=COCCCNC(=O)CNC. The first-order valence-corrected chi connectivity index (χ1v) is 3.95. The molecule has 0 aliphatic heterocycles. The fraction of sp³-hybridized carbons (Fsp3) is 0.625. The summed E-state index contributed by atoms with van der Waals surface area (Å²) in [5.41, 5.74) is 0. The number of likely N-dealkylation sites (N-methyl/N-ethyl adjacent to an activating group) is 1. The van der Waals surface area contributed by atoms with Crippen molar-refractivity contribution in [1.82, 2.24) is 10.6 Å². The van der Waals surface area contributed by atoms with E-state index in [-0.39, 0.29) is 5.91 Å². The first-order chi connectivity index (χ1) is 5.81. The number of carbonyl (C=O) groups is 1. The van der Waals surface area contributed by atoms with Crippen LogP contribution in [0.2, 0.25) is 0 Å². The van der Waals surface area contributed by atoms with Gasteiger partial charge in [-0.15, -0.1) is 0 Å². The van der Waals surface area contributed by atoms with Gasteiger partial charge in [0.25, 0.3) is 0 Å². The van der Waals surface area contributed by atoms with Gasteiger partial charge in [-0.05, 0) is 13.5 Å². The summed E-state index contributed by atoms with van der Waals surface area (Å²) in [5.74, 6) is 0.0103. The Bertz CT molecular complexity index is 137. The summed E-state index contributed by atoms with van der Waals surface area (Å²) >= 11 is 0. The van der Waals surface area contributed by atoms with E-state index >= 15 is 0 Å². The van der Waals surface area contributed by atoms with E-state index in [9.17, 15) is 4.79 Å². The van der Waals surface area contributed by atoms with Crippen molar-refractivity contribution >= 4 is 5.91 Å². The minimum absolute atomic E-state index is 0.0103. The van der Waals surface area contributed by atoms with Crippen LogP contribution in [0, 0.1) is 0 Å². The Labute approximate surface area is 73.0 Å². The van der Waals surface area contributed by atoms with Gasteiger partial charge in [-0.3, -0.25) is 4.79 Å². The van der Waals surface area contributed by atoms with Gasteiger partial charge in [-0.1, -0.05) is 6.58 Å². The molecule has 0 rings (SSSR count). The van der Waals surface area contributed by atoms with Gasteiger partial charge in [0.15, 0.2) is 0 Å². The average Bonchev–Trinajstić information content (AvgIpc) is 2.05. The topological polar surface area (TPSA) is 50.4 Å². The molecule has 1 amide bonds. The van der Waals surface area contributed by atoms with Crippen LogP contribution in [0.3, 0.4) is 0 Å². The van der Waals surface area contributed by atoms with Gasteiger partial charge in [0.2, 0.25) is 5.91 Å². The summed E-state index contributed by atoms with van der Waals surface area (Å²) in [6, 6.07) is 0. The van der Waals surface area contributed by atoms with Crippen LogP contribution < -0.4 is 10.6 Å². The smallest absolute Gasteiger partial charge is 0.233 e. The van der Waals surface area contributed by atoms with E-state index in [0.29, 0.717) is 19.7 Å². The maximum Gasteiger partial charge on any atom is 0.233 e. The number of nitrogens with one attached hydrogen (secondary N) is 2. The lowest BCUT2D eigenvalue weighted by molar-refractivity contribution is -0.120. The molecule has 0 bridgehead atoms. The highest BCUT2D eigenvalue weighted by atomic mass is 16.5. The molecule has 0 aromatic carbocycles. The van der Waals surface area contributed by atoms with Crippen molar-refractivity contribution in [2.45, 2.75) is 6.42 Å². The summed E-state index contributed by atoms with van der Waals surface area (Å²) in [4.78, 5) is 10.8. The molecule has 0 unspecified atom stereocenters. The molecule has 0 aromatic rings. The molecule has 0 saturated heterocycles. The van der Waals surface area contributed by atoms with E-state index in [1.807, 2.05) is 0 Å². The second-order valence-corrected chi connectivity index (χ2v) is 2.27. The largest absolute Gasteiger partial charge is 0.502 e. The lowest BCUT2D eigenvalue weighted by Gasteiger charge is -2.03. The van der Waals surface area contributed by atoms with Crippen LogP contribution in [-0.2, 0) is 9.53 Å². The predicted molar refractivity (Wildman–Crippen MR) is 47.7 cm³/mol. The summed E-state index contributed by atoms with van der Waals surface area (Å²) < 4.78 is 4.87. The van der Waals surface area contributed by atoms with Crippen LogP contribution >= 0.6 is 0 Å². The maximum absolute atomic E-state index is 10.8. The average molecular weight is 172 g/mol. The van der Waals surface area contributed by atoms with Gasteiger partial charge in [-0.2, -0.15) is 0 Å². The number of amides is 1. The Kier molecular flexibility index (Phi) is 7.38. The van der Waals surface area contributed by atoms with Crippen LogP contribution in [0.1, 0.15) is 6.42 Å². The Hall–Kier alpha value is -1.03. The van der Waals surface area contributed by atoms with E-state index in [0.717, 1.165) is 6.42 Å². The lowest BCUT2D eigenvalue weighted by atomic mass is 10.4. The first-order valence-electron chi connectivity index (χ1n) is 3.95. The van der Waals surface area contributed by atoms with Crippen molar-refractivity contribution < 1.29 is 9.53 Å². The molecule has 0 atom stereocenters. The molecular weight excluding hydrogens is 156 g/mol. The Balaban J connectivity index is 3.08. The van der Waals surface area contributed by atoms with E-state index in [2.05, 4.69) is 17.2 Å². The third-order valence-electron chi connectivity index (χ3n) is 1.22. The molecule has 0 heterocycles. The van der Waals surface area contributed by atoms with Gasteiger partial charge >= 0.3 is 0 Å². The lowest BCUT2D eigenvalue weighted by Crippen LogP contribution is -2.33. The standard InChI is InChI=1S/C8H16N2O2/c1-3-12-6-4-5-10-8(11)7-9-2/h3,9H,1,4-7H2,2H3,(H,10,11). The zero-order valence-corrected chi connectivity index (χ0v) is 7.43. The zero-order valence-electron chi connectivity index (χ0n) is 7.43. The molecule has 4 heteroatoms. The van der Waals surface area contributed by atoms with Crippen molar-refractivity contribution in [3.8, 4) is 0 Å². The van der Waals surface area contributed by atoms with E-state index in [4.69, 9.17) is 4.74 Å². The van der Waals surface area contributed by atoms with E-state index in [1.165, 1.54) is 6.26 Å². The highest BCUT2D eigenvalue weighted by Crippen LogP contribution is 1.80. The number of rotatable bonds is 7. The maximum atomic E-state index is 10.8. The number of ether oxygens (including phenoxy) is 1. The molecule has 0 aliphatic rings. The minimum atomic E-state index is 0.0103. The highest BCUT2D eigenvalue weighted by Gasteiger charge is 1.95. The third-order valence-corrected chi connectivity index (χ3v) is 1.22. The molecule has 2 N–H and O–H groups in total. The molecule has 4 nitrogen and oxygen atoms in total. The van der Waals surface area contributed by atoms with Crippen molar-refractivity contribution in [2.75, 3.05) is 26.7 Å². The molecule has 0 fully saturated rings. The molecule has 12 heavy (non-hydrogen) atoms. The van der Waals surface area contributed by atoms with Crippen molar-refractivity contribution in [2.24, 2.45) is 0 Å². The van der Waals surface area contributed by atoms with E-state index < -0.39 is 0 Å². The van der Waals surface area contributed by atoms with E-state index in [1.54, 1.807) is 7.05 Å². The molecule has 0 aromatic heterocycles. The van der Waals surface area contributed by atoms with Crippen molar-refractivity contribution in [1.29, 1.82) is 0 Å². The Morgan fingerprint density at radius 1 is 1.67 bits per heavy atom. The third kappa shape index (κ3) is 7.08. The van der Waals surface area contributed by atoms with Crippen LogP contribution in [-0.4, -0.2) is 32.7 Å². The first kappa shape index (κ1) is 11.0. The molecule has 0 saturated carbocycles. The normalized spacial score (nSPS) is 9.08. The summed E-state index contributed by atoms with van der Waals surface area (Å²) in [6.45, 7) is 5.01. The molecule has 0 aliphatic carbocycles. The van der Waals surface area contributed by atoms with Crippen LogP contribution in [0.25, 0.3) is 0 Å². The molecular formula is C8H16N2O2. The molecule has 0 spiro atoms. The minimum Gasteiger partial charge on any atom is -0.502 e. The fourth-order valence-electron chi connectivity index (χ4n) is 0.690. The fourth-order valence-corrected chi connectivity index (χ4v) is 0.690. The summed E-state index contributed by atoms with van der Waals surface area (Å²) in [7, 11) is 1.74. The highest BCUT2D eigenvalue weighted by molar-refractivity contribution is 5.77. The van der Waals surface area contributed by atoms with Gasteiger partial charge in [-0.25, -0.2) is 0 Å². The predicted octanol–water partition coefficient (Wildman–Crippen LogP) is -0.128. The summed E-state index contributed by atoms with van der Waals surface area (Å²) in [6.07, 6.45) is 2.21. The monoisotopic (exact) mass is 172 g/mol. The quantitative estimate of drug-likeness (QED) is 0.415. The molecule has 0 radical (unpaired) electrons. The van der Waals surface area contributed by atoms with Crippen molar-refractivity contribution in [3.05, 3.63) is 12.8 Å². The van der Waals surface area contributed by atoms with Crippen molar-refractivity contribution in [3.63, 3.8) is 0 Å².